The average Bonchev–Trinajstić information content (AvgIpc) is 2.27. The number of ether oxygens (including phenoxy) is 1. The molecule has 0 aromatic heterocycles. The van der Waals surface area contributed by atoms with Gasteiger partial charge in [0.25, 0.3) is 0 Å². The second-order valence-corrected chi connectivity index (χ2v) is 4.19. The van der Waals surface area contributed by atoms with E-state index in [1.165, 1.54) is 11.8 Å². The van der Waals surface area contributed by atoms with Crippen LogP contribution in [0.25, 0.3) is 6.08 Å². The Kier molecular flexibility index (Phi) is 4.40. The van der Waals surface area contributed by atoms with E-state index in [0.29, 0.717) is 11.2 Å². The van der Waals surface area contributed by atoms with Crippen LogP contribution in [-0.2, 0) is 9.53 Å². The number of hydrogen-bond donors (Lipinski definition) is 0. The third-order valence-electron chi connectivity index (χ3n) is 2.41. The van der Waals surface area contributed by atoms with Crippen molar-refractivity contribution in [1.29, 1.82) is 0 Å². The molecule has 0 N–H and O–H groups in total. The van der Waals surface area contributed by atoms with Gasteiger partial charge >= 0.3 is 0 Å². The molecule has 0 bridgehead atoms. The maximum atomic E-state index is 10.2. The lowest BCUT2D eigenvalue weighted by molar-refractivity contribution is -0.104. The fourth-order valence-electron chi connectivity index (χ4n) is 1.54. The molecule has 0 aliphatic carbocycles. The minimum atomic E-state index is 0.628. The highest BCUT2D eigenvalue weighted by Gasteiger charge is 2.17. The molecule has 1 aromatic rings. The van der Waals surface area contributed by atoms with E-state index in [1.807, 2.05) is 24.3 Å². The van der Waals surface area contributed by atoms with E-state index < -0.39 is 0 Å². The van der Waals surface area contributed by atoms with Crippen LogP contribution < -0.4 is 4.48 Å². The molecule has 1 aromatic carbocycles. The number of quaternary nitrogens is 1. The summed E-state index contributed by atoms with van der Waals surface area (Å²) in [5.74, 6) is 0. The van der Waals surface area contributed by atoms with Gasteiger partial charge < -0.3 is 4.74 Å². The fraction of sp³-hybridized carbons (Fsp3) is 0.308. The van der Waals surface area contributed by atoms with Gasteiger partial charge in [0.2, 0.25) is 0 Å². The lowest BCUT2D eigenvalue weighted by Crippen LogP contribution is -2.41. The SMILES string of the molecule is COC[N+](C)(C)c1ccc(/C=C/C=O)cc1. The number of nitrogens with zero attached hydrogens (tertiary/aromatic N) is 1. The number of rotatable bonds is 5. The molecule has 1 rings (SSSR count). The summed E-state index contributed by atoms with van der Waals surface area (Å²) >= 11 is 0. The van der Waals surface area contributed by atoms with E-state index in [2.05, 4.69) is 14.1 Å². The summed E-state index contributed by atoms with van der Waals surface area (Å²) in [7, 11) is 5.86. The molecule has 3 heteroatoms. The molecular weight excluding hydrogens is 202 g/mol. The molecule has 0 aliphatic heterocycles. The number of benzene rings is 1. The van der Waals surface area contributed by atoms with Crippen molar-refractivity contribution in [3.63, 3.8) is 0 Å². The van der Waals surface area contributed by atoms with E-state index in [-0.39, 0.29) is 0 Å². The second kappa shape index (κ2) is 5.58. The number of carbonyl (C=O) groups excluding carboxylic acids is 1. The second-order valence-electron chi connectivity index (χ2n) is 4.19. The van der Waals surface area contributed by atoms with Crippen molar-refractivity contribution in [3.8, 4) is 0 Å². The maximum absolute atomic E-state index is 10.2. The van der Waals surface area contributed by atoms with Crippen molar-refractivity contribution in [1.82, 2.24) is 4.48 Å². The Bertz CT molecular complexity index is 366. The van der Waals surface area contributed by atoms with Crippen molar-refractivity contribution in [3.05, 3.63) is 35.9 Å². The van der Waals surface area contributed by atoms with Crippen LogP contribution in [0.1, 0.15) is 5.56 Å². The molecule has 0 radical (unpaired) electrons. The lowest BCUT2D eigenvalue weighted by Gasteiger charge is -2.27. The van der Waals surface area contributed by atoms with E-state index in [4.69, 9.17) is 4.74 Å². The zero-order valence-corrected chi connectivity index (χ0v) is 10.0. The van der Waals surface area contributed by atoms with Crippen molar-refractivity contribution in [2.45, 2.75) is 0 Å². The Labute approximate surface area is 96.5 Å². The first-order valence-corrected chi connectivity index (χ1v) is 5.14. The van der Waals surface area contributed by atoms with Crippen LogP contribution in [0.5, 0.6) is 0 Å². The molecule has 0 fully saturated rings. The highest BCUT2D eigenvalue weighted by atomic mass is 16.5. The lowest BCUT2D eigenvalue weighted by atomic mass is 10.2. The summed E-state index contributed by atoms with van der Waals surface area (Å²) in [6.45, 7) is 0.628. The van der Waals surface area contributed by atoms with Crippen molar-refractivity contribution in [2.75, 3.05) is 27.9 Å². The number of allylic oxidation sites excluding steroid dienone is 1. The largest absolute Gasteiger partial charge is 0.335 e. The Morgan fingerprint density at radius 3 is 2.38 bits per heavy atom. The first-order chi connectivity index (χ1) is 7.60. The Morgan fingerprint density at radius 2 is 1.88 bits per heavy atom. The number of aldehydes is 1. The van der Waals surface area contributed by atoms with E-state index in [1.54, 1.807) is 13.2 Å². The highest BCUT2D eigenvalue weighted by molar-refractivity contribution is 5.74. The maximum Gasteiger partial charge on any atom is 0.187 e. The minimum absolute atomic E-state index is 0.628. The van der Waals surface area contributed by atoms with Gasteiger partial charge in [-0.3, -0.25) is 9.28 Å². The molecule has 86 valence electrons. The van der Waals surface area contributed by atoms with Crippen LogP contribution in [0.4, 0.5) is 5.69 Å². The first-order valence-electron chi connectivity index (χ1n) is 5.14. The van der Waals surface area contributed by atoms with Gasteiger partial charge in [-0.15, -0.1) is 0 Å². The molecule has 0 unspecified atom stereocenters. The molecule has 0 aliphatic rings. The van der Waals surface area contributed by atoms with Crippen LogP contribution >= 0.6 is 0 Å². The average molecular weight is 220 g/mol. The van der Waals surface area contributed by atoms with Gasteiger partial charge in [0, 0.05) is 7.11 Å². The van der Waals surface area contributed by atoms with Crippen LogP contribution in [-0.4, -0.2) is 34.2 Å². The van der Waals surface area contributed by atoms with Crippen LogP contribution in [0.2, 0.25) is 0 Å². The summed E-state index contributed by atoms with van der Waals surface area (Å²) in [6.07, 6.45) is 4.05. The van der Waals surface area contributed by atoms with Gasteiger partial charge in [0.1, 0.15) is 12.0 Å². The normalized spacial score (nSPS) is 11.9. The zero-order chi connectivity index (χ0) is 12.0. The first kappa shape index (κ1) is 12.6. The van der Waals surface area contributed by atoms with E-state index in [0.717, 1.165) is 11.8 Å². The fourth-order valence-corrected chi connectivity index (χ4v) is 1.54. The third-order valence-corrected chi connectivity index (χ3v) is 2.41. The summed E-state index contributed by atoms with van der Waals surface area (Å²) in [6, 6.07) is 8.07. The molecule has 0 spiro atoms. The standard InChI is InChI=1S/C13H18NO2/c1-14(2,11-16-3)13-8-6-12(7-9-13)5-4-10-15/h4-10H,11H2,1-3H3/q+1/b5-4+. The Morgan fingerprint density at radius 1 is 1.25 bits per heavy atom. The highest BCUT2D eigenvalue weighted by Crippen LogP contribution is 2.19. The van der Waals surface area contributed by atoms with Crippen molar-refractivity contribution < 1.29 is 9.53 Å². The van der Waals surface area contributed by atoms with Gasteiger partial charge in [-0.2, -0.15) is 0 Å². The Balaban J connectivity index is 2.85. The molecule has 0 saturated carbocycles. The predicted molar refractivity (Wildman–Crippen MR) is 67.1 cm³/mol. The van der Waals surface area contributed by atoms with Crippen LogP contribution in [0.3, 0.4) is 0 Å². The number of hydrogen-bond acceptors (Lipinski definition) is 2. The van der Waals surface area contributed by atoms with Gasteiger partial charge in [0.15, 0.2) is 6.73 Å². The number of methoxy groups -OCH3 is 1. The Hall–Kier alpha value is -1.45. The van der Waals surface area contributed by atoms with Crippen LogP contribution in [0.15, 0.2) is 30.3 Å². The minimum Gasteiger partial charge on any atom is -0.335 e. The molecule has 16 heavy (non-hydrogen) atoms. The molecule has 0 heterocycles. The van der Waals surface area contributed by atoms with Gasteiger partial charge in [-0.1, -0.05) is 6.08 Å². The molecule has 3 nitrogen and oxygen atoms in total. The van der Waals surface area contributed by atoms with Crippen molar-refractivity contribution >= 4 is 18.0 Å². The van der Waals surface area contributed by atoms with Gasteiger partial charge in [0.05, 0.1) is 14.1 Å². The van der Waals surface area contributed by atoms with Crippen molar-refractivity contribution in [2.24, 2.45) is 0 Å². The molecule has 0 atom stereocenters. The quantitative estimate of drug-likeness (QED) is 0.328. The van der Waals surface area contributed by atoms with E-state index >= 15 is 0 Å². The third kappa shape index (κ3) is 3.29. The smallest absolute Gasteiger partial charge is 0.187 e. The summed E-state index contributed by atoms with van der Waals surface area (Å²) in [5, 5.41) is 0. The summed E-state index contributed by atoms with van der Waals surface area (Å²) in [4.78, 5) is 10.2. The van der Waals surface area contributed by atoms with Crippen LogP contribution in [0, 0.1) is 0 Å². The zero-order valence-electron chi connectivity index (χ0n) is 10.0. The summed E-state index contributed by atoms with van der Waals surface area (Å²) in [5.41, 5.74) is 2.19. The summed E-state index contributed by atoms with van der Waals surface area (Å²) < 4.78 is 5.84. The number of carbonyl (C=O) groups is 1. The van der Waals surface area contributed by atoms with Gasteiger partial charge in [-0.05, 0) is 35.9 Å². The topological polar surface area (TPSA) is 26.3 Å². The predicted octanol–water partition coefficient (Wildman–Crippen LogP) is 2.07. The molecule has 0 amide bonds. The van der Waals surface area contributed by atoms with Gasteiger partial charge in [-0.25, -0.2) is 0 Å². The monoisotopic (exact) mass is 220 g/mol. The molecular formula is C13H18NO2+. The van der Waals surface area contributed by atoms with E-state index in [9.17, 15) is 4.79 Å². The molecule has 0 saturated heterocycles.